The van der Waals surface area contributed by atoms with Crippen LogP contribution in [0.3, 0.4) is 0 Å². The van der Waals surface area contributed by atoms with Crippen LogP contribution in [-0.4, -0.2) is 15.9 Å². The molecule has 0 aliphatic carbocycles. The molecule has 0 bridgehead atoms. The molecule has 6 heteroatoms. The molecule has 0 atom stereocenters. The van der Waals surface area contributed by atoms with E-state index in [4.69, 9.17) is 11.6 Å². The molecule has 0 aliphatic heterocycles. The van der Waals surface area contributed by atoms with Crippen molar-refractivity contribution in [1.82, 2.24) is 9.97 Å². The number of rotatable bonds is 4. The molecule has 0 radical (unpaired) electrons. The summed E-state index contributed by atoms with van der Waals surface area (Å²) >= 11 is 6.00. The summed E-state index contributed by atoms with van der Waals surface area (Å²) < 4.78 is 0. The molecule has 3 rings (SSSR count). The molecule has 1 heterocycles. The van der Waals surface area contributed by atoms with Crippen LogP contribution in [0.2, 0.25) is 5.02 Å². The van der Waals surface area contributed by atoms with Gasteiger partial charge < -0.3 is 10.6 Å². The number of hydrogen-bond acceptors (Lipinski definition) is 4. The molecule has 1 aromatic heterocycles. The molecule has 0 spiro atoms. The molecular weight excluding hydrogens is 348 g/mol. The number of nitrogens with one attached hydrogen (secondary N) is 2. The van der Waals surface area contributed by atoms with Crippen molar-refractivity contribution in [3.63, 3.8) is 0 Å². The summed E-state index contributed by atoms with van der Waals surface area (Å²) in [6, 6.07) is 14.8. The van der Waals surface area contributed by atoms with Gasteiger partial charge in [-0.3, -0.25) is 4.79 Å². The minimum atomic E-state index is -0.283. The zero-order chi connectivity index (χ0) is 18.7. The van der Waals surface area contributed by atoms with Crippen molar-refractivity contribution >= 4 is 34.7 Å². The number of amides is 1. The first-order valence-corrected chi connectivity index (χ1v) is 8.55. The highest BCUT2D eigenvalue weighted by Crippen LogP contribution is 2.20. The fourth-order valence-corrected chi connectivity index (χ4v) is 2.89. The van der Waals surface area contributed by atoms with Crippen LogP contribution in [-0.2, 0) is 0 Å². The van der Waals surface area contributed by atoms with Crippen LogP contribution in [0.4, 0.5) is 17.2 Å². The lowest BCUT2D eigenvalue weighted by Crippen LogP contribution is -2.15. The summed E-state index contributed by atoms with van der Waals surface area (Å²) in [5.41, 5.74) is 4.00. The molecule has 0 saturated carbocycles. The first-order chi connectivity index (χ1) is 12.4. The zero-order valence-corrected chi connectivity index (χ0v) is 15.6. The highest BCUT2D eigenvalue weighted by molar-refractivity contribution is 6.30. The molecule has 26 heavy (non-hydrogen) atoms. The Balaban J connectivity index is 1.83. The molecule has 0 aliphatic rings. The van der Waals surface area contributed by atoms with Crippen LogP contribution in [0.1, 0.15) is 27.4 Å². The van der Waals surface area contributed by atoms with Gasteiger partial charge in [0, 0.05) is 22.5 Å². The molecule has 0 fully saturated rings. The number of carbonyl (C=O) groups is 1. The Morgan fingerprint density at radius 1 is 0.923 bits per heavy atom. The number of benzene rings is 2. The third-order valence-electron chi connectivity index (χ3n) is 3.65. The van der Waals surface area contributed by atoms with Gasteiger partial charge in [0.2, 0.25) is 0 Å². The van der Waals surface area contributed by atoms with Crippen molar-refractivity contribution in [2.75, 3.05) is 10.6 Å². The number of nitrogens with zero attached hydrogens (tertiary/aromatic N) is 2. The quantitative estimate of drug-likeness (QED) is 0.678. The molecule has 0 unspecified atom stereocenters. The van der Waals surface area contributed by atoms with Gasteiger partial charge in [0.25, 0.3) is 5.91 Å². The van der Waals surface area contributed by atoms with Crippen LogP contribution in [0, 0.1) is 20.8 Å². The average molecular weight is 367 g/mol. The van der Waals surface area contributed by atoms with Crippen LogP contribution < -0.4 is 10.6 Å². The highest BCUT2D eigenvalue weighted by atomic mass is 35.5. The smallest absolute Gasteiger partial charge is 0.274 e. The monoisotopic (exact) mass is 366 g/mol. The van der Waals surface area contributed by atoms with Gasteiger partial charge >= 0.3 is 0 Å². The Morgan fingerprint density at radius 2 is 1.65 bits per heavy atom. The van der Waals surface area contributed by atoms with E-state index in [0.29, 0.717) is 22.4 Å². The van der Waals surface area contributed by atoms with Gasteiger partial charge in [-0.05, 0) is 62.2 Å². The summed E-state index contributed by atoms with van der Waals surface area (Å²) in [6.45, 7) is 5.73. The summed E-state index contributed by atoms with van der Waals surface area (Å²) in [5.74, 6) is 0.752. The fourth-order valence-electron chi connectivity index (χ4n) is 2.70. The molecule has 132 valence electrons. The van der Waals surface area contributed by atoms with Crippen molar-refractivity contribution in [2.24, 2.45) is 0 Å². The van der Waals surface area contributed by atoms with Gasteiger partial charge in [0.15, 0.2) is 0 Å². The van der Waals surface area contributed by atoms with Crippen molar-refractivity contribution in [2.45, 2.75) is 20.8 Å². The van der Waals surface area contributed by atoms with Crippen LogP contribution >= 0.6 is 11.6 Å². The lowest BCUT2D eigenvalue weighted by Gasteiger charge is -2.10. The maximum atomic E-state index is 12.6. The van der Waals surface area contributed by atoms with E-state index in [2.05, 4.69) is 26.7 Å². The van der Waals surface area contributed by atoms with E-state index in [-0.39, 0.29) is 5.91 Å². The molecule has 2 N–H and O–H groups in total. The van der Waals surface area contributed by atoms with Crippen LogP contribution in [0.15, 0.2) is 48.5 Å². The Hall–Kier alpha value is -2.92. The Morgan fingerprint density at radius 3 is 2.35 bits per heavy atom. The van der Waals surface area contributed by atoms with E-state index in [1.807, 2.05) is 38.1 Å². The van der Waals surface area contributed by atoms with E-state index >= 15 is 0 Å². The van der Waals surface area contributed by atoms with Gasteiger partial charge in [-0.1, -0.05) is 23.7 Å². The zero-order valence-electron chi connectivity index (χ0n) is 14.8. The van der Waals surface area contributed by atoms with Crippen LogP contribution in [0.25, 0.3) is 0 Å². The number of aromatic nitrogens is 2. The Bertz CT molecular complexity index is 952. The average Bonchev–Trinajstić information content (AvgIpc) is 2.53. The van der Waals surface area contributed by atoms with Crippen LogP contribution in [0.5, 0.6) is 0 Å². The summed E-state index contributed by atoms with van der Waals surface area (Å²) in [4.78, 5) is 21.2. The van der Waals surface area contributed by atoms with Gasteiger partial charge in [0.1, 0.15) is 17.3 Å². The van der Waals surface area contributed by atoms with Gasteiger partial charge in [-0.2, -0.15) is 0 Å². The molecule has 2 aromatic carbocycles. The molecule has 0 saturated heterocycles. The van der Waals surface area contributed by atoms with E-state index in [1.165, 1.54) is 0 Å². The Kier molecular flexibility index (Phi) is 5.19. The normalized spacial score (nSPS) is 10.5. The van der Waals surface area contributed by atoms with Gasteiger partial charge in [-0.15, -0.1) is 0 Å². The molecule has 5 nitrogen and oxygen atoms in total. The van der Waals surface area contributed by atoms with E-state index in [0.717, 1.165) is 22.5 Å². The fraction of sp³-hybridized carbons (Fsp3) is 0.150. The lowest BCUT2D eigenvalue weighted by molar-refractivity contribution is 0.102. The number of hydrogen-bond donors (Lipinski definition) is 2. The third-order valence-corrected chi connectivity index (χ3v) is 3.88. The molecule has 1 amide bonds. The summed E-state index contributed by atoms with van der Waals surface area (Å²) in [7, 11) is 0. The SMILES string of the molecule is Cc1cc(C)cc(NC(=O)c2cc(Nc3cccc(Cl)c3)nc(C)n2)c1. The second-order valence-corrected chi connectivity index (χ2v) is 6.59. The number of aryl methyl sites for hydroxylation is 3. The third kappa shape index (κ3) is 4.58. The first kappa shape index (κ1) is 17.9. The van der Waals surface area contributed by atoms with Gasteiger partial charge in [0.05, 0.1) is 0 Å². The molecule has 3 aromatic rings. The lowest BCUT2D eigenvalue weighted by atomic mass is 10.1. The van der Waals surface area contributed by atoms with E-state index in [1.54, 1.807) is 25.1 Å². The number of anilines is 3. The predicted octanol–water partition coefficient (Wildman–Crippen LogP) is 5.05. The standard InChI is InChI=1S/C20H19ClN4O/c1-12-7-13(2)9-17(8-12)25-20(26)18-11-19(23-14(3)22-18)24-16-6-4-5-15(21)10-16/h4-11H,1-3H3,(H,25,26)(H,22,23,24). The number of halogens is 1. The van der Waals surface area contributed by atoms with Crippen molar-refractivity contribution in [3.8, 4) is 0 Å². The summed E-state index contributed by atoms with van der Waals surface area (Å²) in [5, 5.41) is 6.66. The Labute approximate surface area is 157 Å². The highest BCUT2D eigenvalue weighted by Gasteiger charge is 2.12. The minimum Gasteiger partial charge on any atom is -0.340 e. The second-order valence-electron chi connectivity index (χ2n) is 6.15. The van der Waals surface area contributed by atoms with Gasteiger partial charge in [-0.25, -0.2) is 9.97 Å². The van der Waals surface area contributed by atoms with E-state index in [9.17, 15) is 4.79 Å². The van der Waals surface area contributed by atoms with Crippen molar-refractivity contribution in [1.29, 1.82) is 0 Å². The maximum absolute atomic E-state index is 12.6. The second kappa shape index (κ2) is 7.54. The predicted molar refractivity (Wildman–Crippen MR) is 105 cm³/mol. The number of carbonyl (C=O) groups excluding carboxylic acids is 1. The van der Waals surface area contributed by atoms with E-state index < -0.39 is 0 Å². The first-order valence-electron chi connectivity index (χ1n) is 8.17. The summed E-state index contributed by atoms with van der Waals surface area (Å²) in [6.07, 6.45) is 0. The largest absolute Gasteiger partial charge is 0.340 e. The molecular formula is C20H19ClN4O. The topological polar surface area (TPSA) is 66.9 Å². The maximum Gasteiger partial charge on any atom is 0.274 e. The minimum absolute atomic E-state index is 0.283. The van der Waals surface area contributed by atoms with Crippen molar-refractivity contribution in [3.05, 3.63) is 76.2 Å². The van der Waals surface area contributed by atoms with Crippen molar-refractivity contribution < 1.29 is 4.79 Å².